The first-order chi connectivity index (χ1) is 7.83. The zero-order valence-electron chi connectivity index (χ0n) is 9.65. The third kappa shape index (κ3) is 2.95. The van der Waals surface area contributed by atoms with Gasteiger partial charge in [-0.15, -0.1) is 10.2 Å². The second kappa shape index (κ2) is 5.64. The third-order valence-electron chi connectivity index (χ3n) is 2.78. The topological polar surface area (TPSA) is 39.9 Å². The van der Waals surface area contributed by atoms with Crippen LogP contribution >= 0.6 is 11.6 Å². The first-order valence-electron chi connectivity index (χ1n) is 5.99. The van der Waals surface area contributed by atoms with E-state index in [9.17, 15) is 0 Å². The summed E-state index contributed by atoms with van der Waals surface area (Å²) in [7, 11) is 0. The standard InChI is InChI=1S/C11H18ClN3O/c1-2-3-7-16-8-6-15-10(9-4-5-9)13-14-11(15)12/h9H,2-8H2,1H3. The van der Waals surface area contributed by atoms with Crippen molar-refractivity contribution in [2.45, 2.75) is 45.1 Å². The molecule has 1 saturated carbocycles. The van der Waals surface area contributed by atoms with Gasteiger partial charge >= 0.3 is 0 Å². The molecule has 0 aliphatic heterocycles. The summed E-state index contributed by atoms with van der Waals surface area (Å²) in [4.78, 5) is 0. The average Bonchev–Trinajstić information content (AvgIpc) is 3.05. The lowest BCUT2D eigenvalue weighted by Crippen LogP contribution is -2.09. The van der Waals surface area contributed by atoms with Crippen molar-refractivity contribution >= 4 is 11.6 Å². The van der Waals surface area contributed by atoms with Crippen LogP contribution in [0.15, 0.2) is 0 Å². The Morgan fingerprint density at radius 3 is 2.88 bits per heavy atom. The van der Waals surface area contributed by atoms with Gasteiger partial charge in [-0.3, -0.25) is 4.57 Å². The van der Waals surface area contributed by atoms with E-state index in [0.29, 0.717) is 17.8 Å². The smallest absolute Gasteiger partial charge is 0.225 e. The Balaban J connectivity index is 1.81. The predicted molar refractivity (Wildman–Crippen MR) is 62.7 cm³/mol. The molecule has 0 bridgehead atoms. The lowest BCUT2D eigenvalue weighted by Gasteiger charge is -2.07. The lowest BCUT2D eigenvalue weighted by atomic mass is 10.4. The highest BCUT2D eigenvalue weighted by Gasteiger charge is 2.29. The molecule has 5 heteroatoms. The highest BCUT2D eigenvalue weighted by Crippen LogP contribution is 2.39. The molecule has 0 radical (unpaired) electrons. The van der Waals surface area contributed by atoms with E-state index in [-0.39, 0.29) is 0 Å². The minimum absolute atomic E-state index is 0.487. The first-order valence-corrected chi connectivity index (χ1v) is 6.37. The van der Waals surface area contributed by atoms with Crippen LogP contribution in [0.4, 0.5) is 0 Å². The summed E-state index contributed by atoms with van der Waals surface area (Å²) >= 11 is 5.99. The van der Waals surface area contributed by atoms with E-state index in [1.54, 1.807) is 0 Å². The van der Waals surface area contributed by atoms with Gasteiger partial charge in [0, 0.05) is 12.5 Å². The van der Waals surface area contributed by atoms with E-state index in [1.165, 1.54) is 19.3 Å². The normalized spacial score (nSPS) is 15.6. The molecule has 1 aliphatic carbocycles. The molecule has 0 amide bonds. The number of nitrogens with zero attached hydrogens (tertiary/aromatic N) is 3. The third-order valence-corrected chi connectivity index (χ3v) is 3.06. The molecule has 0 unspecified atom stereocenters. The van der Waals surface area contributed by atoms with Crippen molar-refractivity contribution in [2.24, 2.45) is 0 Å². The van der Waals surface area contributed by atoms with Gasteiger partial charge in [-0.25, -0.2) is 0 Å². The summed E-state index contributed by atoms with van der Waals surface area (Å²) in [6.45, 7) is 4.44. The van der Waals surface area contributed by atoms with Gasteiger partial charge in [0.2, 0.25) is 5.28 Å². The highest BCUT2D eigenvalue weighted by molar-refractivity contribution is 6.28. The number of unbranched alkanes of at least 4 members (excludes halogenated alkanes) is 1. The largest absolute Gasteiger partial charge is 0.380 e. The van der Waals surface area contributed by atoms with E-state index in [4.69, 9.17) is 16.3 Å². The molecule has 1 fully saturated rings. The minimum atomic E-state index is 0.487. The first kappa shape index (κ1) is 11.9. The van der Waals surface area contributed by atoms with Crippen molar-refractivity contribution in [3.63, 3.8) is 0 Å². The number of rotatable bonds is 7. The molecular weight excluding hydrogens is 226 g/mol. The van der Waals surface area contributed by atoms with Crippen LogP contribution in [-0.2, 0) is 11.3 Å². The van der Waals surface area contributed by atoms with Crippen LogP contribution in [0.5, 0.6) is 0 Å². The molecule has 1 aromatic rings. The van der Waals surface area contributed by atoms with E-state index >= 15 is 0 Å². The summed E-state index contributed by atoms with van der Waals surface area (Å²) < 4.78 is 7.50. The van der Waals surface area contributed by atoms with Crippen molar-refractivity contribution in [1.29, 1.82) is 0 Å². The second-order valence-electron chi connectivity index (χ2n) is 4.22. The van der Waals surface area contributed by atoms with Crippen LogP contribution in [0, 0.1) is 0 Å². The molecule has 0 saturated heterocycles. The number of aromatic nitrogens is 3. The minimum Gasteiger partial charge on any atom is -0.380 e. The summed E-state index contributed by atoms with van der Waals surface area (Å²) in [6.07, 6.45) is 4.71. The molecule has 16 heavy (non-hydrogen) atoms. The summed E-state index contributed by atoms with van der Waals surface area (Å²) in [5.41, 5.74) is 0. The lowest BCUT2D eigenvalue weighted by molar-refractivity contribution is 0.123. The Bertz CT molecular complexity index is 336. The van der Waals surface area contributed by atoms with E-state index < -0.39 is 0 Å². The maximum absolute atomic E-state index is 5.99. The number of hydrogen-bond acceptors (Lipinski definition) is 3. The van der Waals surface area contributed by atoms with Gasteiger partial charge in [0.05, 0.1) is 13.2 Å². The summed E-state index contributed by atoms with van der Waals surface area (Å²) in [5, 5.41) is 8.52. The van der Waals surface area contributed by atoms with E-state index in [2.05, 4.69) is 17.1 Å². The van der Waals surface area contributed by atoms with E-state index in [1.807, 2.05) is 4.57 Å². The van der Waals surface area contributed by atoms with Crippen molar-refractivity contribution in [2.75, 3.05) is 13.2 Å². The SMILES string of the molecule is CCCCOCCn1c(Cl)nnc1C1CC1. The van der Waals surface area contributed by atoms with Crippen LogP contribution in [0.2, 0.25) is 5.28 Å². The van der Waals surface area contributed by atoms with Gasteiger partial charge < -0.3 is 4.74 Å². The molecule has 2 rings (SSSR count). The molecular formula is C11H18ClN3O. The van der Waals surface area contributed by atoms with Crippen LogP contribution in [-0.4, -0.2) is 28.0 Å². The zero-order chi connectivity index (χ0) is 11.4. The Hall–Kier alpha value is -0.610. The molecule has 90 valence electrons. The molecule has 1 aliphatic rings. The van der Waals surface area contributed by atoms with Crippen molar-refractivity contribution < 1.29 is 4.74 Å². The zero-order valence-corrected chi connectivity index (χ0v) is 10.4. The van der Waals surface area contributed by atoms with Gasteiger partial charge in [-0.1, -0.05) is 13.3 Å². The fourth-order valence-corrected chi connectivity index (χ4v) is 1.86. The Labute approximate surface area is 101 Å². The van der Waals surface area contributed by atoms with Crippen LogP contribution in [0.25, 0.3) is 0 Å². The fraction of sp³-hybridized carbons (Fsp3) is 0.818. The molecule has 1 aromatic heterocycles. The maximum atomic E-state index is 5.99. The predicted octanol–water partition coefficient (Wildman–Crippen LogP) is 2.63. The van der Waals surface area contributed by atoms with Crippen LogP contribution in [0.1, 0.15) is 44.3 Å². The molecule has 0 atom stereocenters. The monoisotopic (exact) mass is 243 g/mol. The quantitative estimate of drug-likeness (QED) is 0.692. The summed E-state index contributed by atoms with van der Waals surface area (Å²) in [6, 6.07) is 0. The van der Waals surface area contributed by atoms with Gasteiger partial charge in [0.25, 0.3) is 0 Å². The Morgan fingerprint density at radius 1 is 1.38 bits per heavy atom. The van der Waals surface area contributed by atoms with Crippen molar-refractivity contribution in [1.82, 2.24) is 14.8 Å². The van der Waals surface area contributed by atoms with Crippen molar-refractivity contribution in [3.8, 4) is 0 Å². The Morgan fingerprint density at radius 2 is 2.19 bits per heavy atom. The molecule has 0 aromatic carbocycles. The molecule has 0 spiro atoms. The number of halogens is 1. The van der Waals surface area contributed by atoms with Crippen LogP contribution < -0.4 is 0 Å². The highest BCUT2D eigenvalue weighted by atomic mass is 35.5. The summed E-state index contributed by atoms with van der Waals surface area (Å²) in [5.74, 6) is 1.61. The average molecular weight is 244 g/mol. The maximum Gasteiger partial charge on any atom is 0.225 e. The van der Waals surface area contributed by atoms with Gasteiger partial charge in [-0.05, 0) is 30.9 Å². The number of hydrogen-bond donors (Lipinski definition) is 0. The second-order valence-corrected chi connectivity index (χ2v) is 4.56. The van der Waals surface area contributed by atoms with Gasteiger partial charge in [0.15, 0.2) is 0 Å². The van der Waals surface area contributed by atoms with E-state index in [0.717, 1.165) is 25.4 Å². The molecule has 4 nitrogen and oxygen atoms in total. The van der Waals surface area contributed by atoms with Crippen LogP contribution in [0.3, 0.4) is 0 Å². The Kier molecular flexibility index (Phi) is 4.18. The van der Waals surface area contributed by atoms with Gasteiger partial charge in [-0.2, -0.15) is 0 Å². The molecule has 0 N–H and O–H groups in total. The van der Waals surface area contributed by atoms with Gasteiger partial charge in [0.1, 0.15) is 5.82 Å². The number of ether oxygens (including phenoxy) is 1. The molecule has 1 heterocycles. The van der Waals surface area contributed by atoms with Crippen molar-refractivity contribution in [3.05, 3.63) is 11.1 Å². The fourth-order valence-electron chi connectivity index (χ4n) is 1.65.